The van der Waals surface area contributed by atoms with Gasteiger partial charge in [0.15, 0.2) is 5.96 Å². The molecule has 0 unspecified atom stereocenters. The number of guanidine groups is 1. The molecule has 0 radical (unpaired) electrons. The summed E-state index contributed by atoms with van der Waals surface area (Å²) in [6.45, 7) is 9.64. The standard InChI is InChI=1S/C19H28BrN5O2/c1-4-21-19(25-11-9-24(10-12-25)15(3)26)22-8-7-18(27)23-17-6-5-16(20)13-14(17)2/h5-6,13H,4,7-12H2,1-3H3,(H,21,22)(H,23,27). The van der Waals surface area contributed by atoms with Crippen LogP contribution < -0.4 is 10.6 Å². The number of aryl methyl sites for hydroxylation is 1. The van der Waals surface area contributed by atoms with Crippen LogP contribution in [0, 0.1) is 6.92 Å². The molecule has 1 saturated heterocycles. The highest BCUT2D eigenvalue weighted by atomic mass is 79.9. The van der Waals surface area contributed by atoms with Crippen LogP contribution in [0.3, 0.4) is 0 Å². The summed E-state index contributed by atoms with van der Waals surface area (Å²) < 4.78 is 0.989. The minimum Gasteiger partial charge on any atom is -0.357 e. The van der Waals surface area contributed by atoms with Gasteiger partial charge in [-0.15, -0.1) is 0 Å². The number of anilines is 1. The number of carbonyl (C=O) groups excluding carboxylic acids is 2. The lowest BCUT2D eigenvalue weighted by molar-refractivity contribution is -0.130. The van der Waals surface area contributed by atoms with E-state index in [4.69, 9.17) is 0 Å². The first-order chi connectivity index (χ1) is 12.9. The number of nitrogens with one attached hydrogen (secondary N) is 2. The molecule has 1 aromatic carbocycles. The Morgan fingerprint density at radius 3 is 2.44 bits per heavy atom. The van der Waals surface area contributed by atoms with Crippen molar-refractivity contribution < 1.29 is 9.59 Å². The van der Waals surface area contributed by atoms with Crippen LogP contribution in [0.2, 0.25) is 0 Å². The van der Waals surface area contributed by atoms with Gasteiger partial charge in [-0.2, -0.15) is 0 Å². The van der Waals surface area contributed by atoms with Crippen molar-refractivity contribution in [2.24, 2.45) is 4.99 Å². The number of benzene rings is 1. The van der Waals surface area contributed by atoms with Crippen molar-refractivity contribution in [3.8, 4) is 0 Å². The molecule has 1 aromatic rings. The smallest absolute Gasteiger partial charge is 0.226 e. The summed E-state index contributed by atoms with van der Waals surface area (Å²) in [6.07, 6.45) is 0.317. The lowest BCUT2D eigenvalue weighted by Crippen LogP contribution is -2.53. The van der Waals surface area contributed by atoms with E-state index in [0.29, 0.717) is 26.1 Å². The highest BCUT2D eigenvalue weighted by Crippen LogP contribution is 2.20. The van der Waals surface area contributed by atoms with E-state index in [-0.39, 0.29) is 11.8 Å². The maximum atomic E-state index is 12.2. The Bertz CT molecular complexity index is 699. The molecular formula is C19H28BrN5O2. The van der Waals surface area contributed by atoms with E-state index in [2.05, 4.69) is 36.5 Å². The van der Waals surface area contributed by atoms with E-state index in [1.165, 1.54) is 0 Å². The molecule has 0 aromatic heterocycles. The monoisotopic (exact) mass is 437 g/mol. The first kappa shape index (κ1) is 21.2. The number of aliphatic imine (C=N–C) groups is 1. The molecule has 7 nitrogen and oxygen atoms in total. The molecule has 1 aliphatic rings. The Balaban J connectivity index is 1.87. The molecule has 0 atom stereocenters. The number of rotatable bonds is 5. The Morgan fingerprint density at radius 2 is 1.85 bits per heavy atom. The molecular weight excluding hydrogens is 410 g/mol. The van der Waals surface area contributed by atoms with E-state index in [1.807, 2.05) is 36.9 Å². The highest BCUT2D eigenvalue weighted by Gasteiger charge is 2.20. The van der Waals surface area contributed by atoms with E-state index < -0.39 is 0 Å². The van der Waals surface area contributed by atoms with Crippen molar-refractivity contribution in [3.63, 3.8) is 0 Å². The van der Waals surface area contributed by atoms with Gasteiger partial charge in [-0.1, -0.05) is 15.9 Å². The predicted molar refractivity (Wildman–Crippen MR) is 112 cm³/mol. The zero-order valence-electron chi connectivity index (χ0n) is 16.2. The van der Waals surface area contributed by atoms with Gasteiger partial charge in [0.1, 0.15) is 0 Å². The van der Waals surface area contributed by atoms with Gasteiger partial charge < -0.3 is 20.4 Å². The molecule has 0 aliphatic carbocycles. The summed E-state index contributed by atoms with van der Waals surface area (Å²) in [6, 6.07) is 5.77. The quantitative estimate of drug-likeness (QED) is 0.546. The zero-order valence-corrected chi connectivity index (χ0v) is 17.8. The third kappa shape index (κ3) is 6.53. The molecule has 1 heterocycles. The molecule has 8 heteroatoms. The van der Waals surface area contributed by atoms with Crippen LogP contribution >= 0.6 is 15.9 Å². The first-order valence-corrected chi connectivity index (χ1v) is 10.0. The van der Waals surface area contributed by atoms with Crippen LogP contribution in [0.5, 0.6) is 0 Å². The van der Waals surface area contributed by atoms with E-state index in [0.717, 1.165) is 41.3 Å². The number of hydrogen-bond acceptors (Lipinski definition) is 3. The van der Waals surface area contributed by atoms with Crippen molar-refractivity contribution in [1.82, 2.24) is 15.1 Å². The van der Waals surface area contributed by atoms with E-state index in [1.54, 1.807) is 6.92 Å². The number of amides is 2. The summed E-state index contributed by atoms with van der Waals surface area (Å²) in [5.74, 6) is 0.853. The van der Waals surface area contributed by atoms with E-state index in [9.17, 15) is 9.59 Å². The Morgan fingerprint density at radius 1 is 1.19 bits per heavy atom. The predicted octanol–water partition coefficient (Wildman–Crippen LogP) is 2.22. The van der Waals surface area contributed by atoms with Crippen LogP contribution in [-0.2, 0) is 9.59 Å². The summed E-state index contributed by atoms with van der Waals surface area (Å²) in [5, 5.41) is 6.20. The van der Waals surface area contributed by atoms with Gasteiger partial charge in [0.2, 0.25) is 11.8 Å². The first-order valence-electron chi connectivity index (χ1n) is 9.25. The lowest BCUT2D eigenvalue weighted by Gasteiger charge is -2.36. The third-order valence-corrected chi connectivity index (χ3v) is 4.92. The molecule has 0 spiro atoms. The summed E-state index contributed by atoms with van der Waals surface area (Å²) in [5.41, 5.74) is 1.83. The fraction of sp³-hybridized carbons (Fsp3) is 0.526. The van der Waals surface area contributed by atoms with Crippen LogP contribution in [0.25, 0.3) is 0 Å². The summed E-state index contributed by atoms with van der Waals surface area (Å²) >= 11 is 3.42. The fourth-order valence-corrected chi connectivity index (χ4v) is 3.38. The van der Waals surface area contributed by atoms with Gasteiger partial charge in [-0.3, -0.25) is 14.6 Å². The number of carbonyl (C=O) groups is 2. The average molecular weight is 438 g/mol. The van der Waals surface area contributed by atoms with Crippen molar-refractivity contribution in [1.29, 1.82) is 0 Å². The lowest BCUT2D eigenvalue weighted by atomic mass is 10.2. The SMILES string of the molecule is CCNC(=NCCC(=O)Nc1ccc(Br)cc1C)N1CCN(C(C)=O)CC1. The summed E-state index contributed by atoms with van der Waals surface area (Å²) in [7, 11) is 0. The number of piperazine rings is 1. The molecule has 1 aliphatic heterocycles. The number of halogens is 1. The van der Waals surface area contributed by atoms with Gasteiger partial charge in [0.05, 0.1) is 6.54 Å². The fourth-order valence-electron chi connectivity index (χ4n) is 2.90. The molecule has 2 rings (SSSR count). The van der Waals surface area contributed by atoms with Gasteiger partial charge in [-0.25, -0.2) is 0 Å². The summed E-state index contributed by atoms with van der Waals surface area (Å²) in [4.78, 5) is 32.2. The maximum absolute atomic E-state index is 12.2. The Labute approximate surface area is 169 Å². The Kier molecular flexibility index (Phi) is 8.09. The van der Waals surface area contributed by atoms with Crippen LogP contribution in [0.4, 0.5) is 5.69 Å². The zero-order chi connectivity index (χ0) is 19.8. The van der Waals surface area contributed by atoms with E-state index >= 15 is 0 Å². The minimum absolute atomic E-state index is 0.0542. The van der Waals surface area contributed by atoms with Gasteiger partial charge in [0.25, 0.3) is 0 Å². The Hall–Kier alpha value is -2.09. The van der Waals surface area contributed by atoms with Crippen LogP contribution in [-0.4, -0.2) is 66.8 Å². The molecule has 0 saturated carbocycles. The second-order valence-electron chi connectivity index (χ2n) is 6.49. The van der Waals surface area contributed by atoms with Crippen LogP contribution in [0.1, 0.15) is 25.8 Å². The van der Waals surface area contributed by atoms with Crippen molar-refractivity contribution in [2.75, 3.05) is 44.6 Å². The average Bonchev–Trinajstić information content (AvgIpc) is 2.63. The number of hydrogen-bond donors (Lipinski definition) is 2. The second kappa shape index (κ2) is 10.3. The highest BCUT2D eigenvalue weighted by molar-refractivity contribution is 9.10. The molecule has 0 bridgehead atoms. The molecule has 27 heavy (non-hydrogen) atoms. The largest absolute Gasteiger partial charge is 0.357 e. The van der Waals surface area contributed by atoms with Crippen molar-refractivity contribution in [3.05, 3.63) is 28.2 Å². The third-order valence-electron chi connectivity index (χ3n) is 4.42. The topological polar surface area (TPSA) is 77.0 Å². The van der Waals surface area contributed by atoms with Crippen LogP contribution in [0.15, 0.2) is 27.7 Å². The maximum Gasteiger partial charge on any atom is 0.226 e. The van der Waals surface area contributed by atoms with Gasteiger partial charge in [-0.05, 0) is 37.6 Å². The molecule has 1 fully saturated rings. The molecule has 2 N–H and O–H groups in total. The second-order valence-corrected chi connectivity index (χ2v) is 7.40. The van der Waals surface area contributed by atoms with Gasteiger partial charge in [0, 0.05) is 56.2 Å². The van der Waals surface area contributed by atoms with Crippen molar-refractivity contribution in [2.45, 2.75) is 27.2 Å². The minimum atomic E-state index is -0.0542. The molecule has 148 valence electrons. The van der Waals surface area contributed by atoms with Gasteiger partial charge >= 0.3 is 0 Å². The number of nitrogens with zero attached hydrogens (tertiary/aromatic N) is 3. The normalized spacial score (nSPS) is 14.9. The van der Waals surface area contributed by atoms with Crippen molar-refractivity contribution >= 4 is 39.4 Å². The molecule has 2 amide bonds.